The minimum atomic E-state index is 0.213. The highest BCUT2D eigenvalue weighted by atomic mass is 16.5. The molecule has 0 aromatic carbocycles. The van der Waals surface area contributed by atoms with E-state index in [9.17, 15) is 0 Å². The van der Waals surface area contributed by atoms with E-state index in [0.29, 0.717) is 18.2 Å². The molecular formula is C11H16N4O. The summed E-state index contributed by atoms with van der Waals surface area (Å²) in [7, 11) is 4.02. The van der Waals surface area contributed by atoms with Crippen LogP contribution in [0.5, 0.6) is 5.88 Å². The van der Waals surface area contributed by atoms with Gasteiger partial charge in [0.25, 0.3) is 0 Å². The Bertz CT molecular complexity index is 384. The summed E-state index contributed by atoms with van der Waals surface area (Å²) in [5.74, 6) is 0.449. The van der Waals surface area contributed by atoms with Crippen LogP contribution in [0, 0.1) is 11.3 Å². The van der Waals surface area contributed by atoms with Crippen LogP contribution in [0.4, 0.5) is 5.69 Å². The summed E-state index contributed by atoms with van der Waals surface area (Å²) >= 11 is 0. The maximum atomic E-state index is 8.73. The number of ether oxygens (including phenoxy) is 1. The topological polar surface area (TPSA) is 75.2 Å². The fourth-order valence-corrected chi connectivity index (χ4v) is 1.18. The molecule has 0 saturated heterocycles. The highest BCUT2D eigenvalue weighted by Crippen LogP contribution is 2.13. The van der Waals surface area contributed by atoms with Gasteiger partial charge in [0, 0.05) is 12.6 Å². The maximum Gasteiger partial charge on any atom is 0.214 e. The Kier molecular flexibility index (Phi) is 4.55. The molecular weight excluding hydrogens is 204 g/mol. The van der Waals surface area contributed by atoms with Gasteiger partial charge in [-0.1, -0.05) is 0 Å². The molecule has 0 aliphatic heterocycles. The van der Waals surface area contributed by atoms with Crippen LogP contribution in [0.1, 0.15) is 12.1 Å². The summed E-state index contributed by atoms with van der Waals surface area (Å²) in [6, 6.07) is 5.22. The summed E-state index contributed by atoms with van der Waals surface area (Å²) < 4.78 is 5.41. The molecule has 5 heteroatoms. The molecule has 0 spiro atoms. The van der Waals surface area contributed by atoms with Crippen molar-refractivity contribution in [3.63, 3.8) is 0 Å². The maximum absolute atomic E-state index is 8.73. The molecule has 0 saturated carbocycles. The molecule has 2 N–H and O–H groups in total. The lowest BCUT2D eigenvalue weighted by Crippen LogP contribution is -2.15. The summed E-state index contributed by atoms with van der Waals surface area (Å²) in [5.41, 5.74) is 6.14. The second-order valence-electron chi connectivity index (χ2n) is 3.70. The van der Waals surface area contributed by atoms with E-state index in [1.54, 1.807) is 12.1 Å². The van der Waals surface area contributed by atoms with Crippen molar-refractivity contribution in [3.8, 4) is 11.9 Å². The van der Waals surface area contributed by atoms with Crippen LogP contribution in [0.25, 0.3) is 0 Å². The first kappa shape index (κ1) is 12.3. The van der Waals surface area contributed by atoms with Gasteiger partial charge in [-0.3, -0.25) is 0 Å². The number of anilines is 1. The number of nitrogens with zero attached hydrogens (tertiary/aromatic N) is 3. The van der Waals surface area contributed by atoms with Crippen molar-refractivity contribution in [1.82, 2.24) is 9.88 Å². The van der Waals surface area contributed by atoms with E-state index in [1.165, 1.54) is 0 Å². The number of nitrogens with two attached hydrogens (primary N) is 1. The molecule has 0 aliphatic rings. The molecule has 1 heterocycles. The van der Waals surface area contributed by atoms with Gasteiger partial charge in [0.15, 0.2) is 5.69 Å². The van der Waals surface area contributed by atoms with E-state index in [-0.39, 0.29) is 5.69 Å². The normalized spacial score (nSPS) is 10.1. The molecule has 0 unspecified atom stereocenters. The van der Waals surface area contributed by atoms with Crippen LogP contribution in [0.2, 0.25) is 0 Å². The van der Waals surface area contributed by atoms with Crippen molar-refractivity contribution < 1.29 is 4.74 Å². The van der Waals surface area contributed by atoms with Gasteiger partial charge in [-0.25, -0.2) is 4.98 Å². The number of rotatable bonds is 5. The molecule has 0 atom stereocenters. The Hall–Kier alpha value is -1.80. The summed E-state index contributed by atoms with van der Waals surface area (Å²) in [4.78, 5) is 6.07. The van der Waals surface area contributed by atoms with Crippen LogP contribution >= 0.6 is 0 Å². The smallest absolute Gasteiger partial charge is 0.214 e. The minimum Gasteiger partial charge on any atom is -0.478 e. The monoisotopic (exact) mass is 220 g/mol. The third-order valence-electron chi connectivity index (χ3n) is 2.01. The fourth-order valence-electron chi connectivity index (χ4n) is 1.18. The molecule has 86 valence electrons. The second-order valence-corrected chi connectivity index (χ2v) is 3.70. The Morgan fingerprint density at radius 2 is 2.25 bits per heavy atom. The third-order valence-corrected chi connectivity index (χ3v) is 2.01. The van der Waals surface area contributed by atoms with Gasteiger partial charge in [-0.05, 0) is 26.6 Å². The number of nitriles is 1. The Balaban J connectivity index is 2.46. The van der Waals surface area contributed by atoms with Crippen LogP contribution in [0.15, 0.2) is 12.1 Å². The van der Waals surface area contributed by atoms with Gasteiger partial charge >= 0.3 is 0 Å². The third kappa shape index (κ3) is 3.75. The predicted octanol–water partition coefficient (Wildman–Crippen LogP) is 0.866. The van der Waals surface area contributed by atoms with Gasteiger partial charge in [0.1, 0.15) is 6.07 Å². The highest BCUT2D eigenvalue weighted by Gasteiger charge is 2.02. The zero-order valence-corrected chi connectivity index (χ0v) is 9.60. The number of hydrogen-bond acceptors (Lipinski definition) is 5. The van der Waals surface area contributed by atoms with Gasteiger partial charge in [0.05, 0.1) is 12.3 Å². The lowest BCUT2D eigenvalue weighted by atomic mass is 10.3. The first-order chi connectivity index (χ1) is 7.63. The van der Waals surface area contributed by atoms with Crippen molar-refractivity contribution >= 4 is 5.69 Å². The molecule has 1 aromatic rings. The summed E-state index contributed by atoms with van der Waals surface area (Å²) in [6.45, 7) is 1.54. The number of hydrogen-bond donors (Lipinski definition) is 1. The summed E-state index contributed by atoms with van der Waals surface area (Å²) in [5, 5.41) is 8.73. The van der Waals surface area contributed by atoms with Gasteiger partial charge < -0.3 is 15.4 Å². The van der Waals surface area contributed by atoms with Crippen molar-refractivity contribution in [2.75, 3.05) is 33.0 Å². The molecule has 0 aliphatic carbocycles. The van der Waals surface area contributed by atoms with Crippen molar-refractivity contribution in [2.45, 2.75) is 6.42 Å². The van der Waals surface area contributed by atoms with E-state index in [2.05, 4.69) is 9.88 Å². The van der Waals surface area contributed by atoms with E-state index in [0.717, 1.165) is 13.0 Å². The quantitative estimate of drug-likeness (QED) is 0.745. The predicted molar refractivity (Wildman–Crippen MR) is 62.0 cm³/mol. The van der Waals surface area contributed by atoms with Crippen LogP contribution < -0.4 is 10.5 Å². The standard InChI is InChI=1S/C11H16N4O/c1-15(2)6-3-7-16-11-5-4-9(13)10(8-12)14-11/h4-5H,3,6-7,13H2,1-2H3. The van der Waals surface area contributed by atoms with Crippen molar-refractivity contribution in [2.24, 2.45) is 0 Å². The molecule has 0 amide bonds. The Morgan fingerprint density at radius 1 is 1.50 bits per heavy atom. The van der Waals surface area contributed by atoms with Crippen molar-refractivity contribution in [3.05, 3.63) is 17.8 Å². The van der Waals surface area contributed by atoms with E-state index >= 15 is 0 Å². The zero-order valence-electron chi connectivity index (χ0n) is 9.60. The molecule has 1 aromatic heterocycles. The van der Waals surface area contributed by atoms with Gasteiger partial charge in [-0.15, -0.1) is 0 Å². The summed E-state index contributed by atoms with van der Waals surface area (Å²) in [6.07, 6.45) is 0.918. The van der Waals surface area contributed by atoms with Gasteiger partial charge in [0.2, 0.25) is 5.88 Å². The molecule has 0 bridgehead atoms. The lowest BCUT2D eigenvalue weighted by molar-refractivity contribution is 0.273. The zero-order chi connectivity index (χ0) is 12.0. The van der Waals surface area contributed by atoms with Crippen LogP contribution in [0.3, 0.4) is 0 Å². The number of pyridine rings is 1. The largest absolute Gasteiger partial charge is 0.478 e. The Labute approximate surface area is 95.4 Å². The Morgan fingerprint density at radius 3 is 2.88 bits per heavy atom. The van der Waals surface area contributed by atoms with Crippen molar-refractivity contribution in [1.29, 1.82) is 5.26 Å². The van der Waals surface area contributed by atoms with Crippen LogP contribution in [-0.2, 0) is 0 Å². The lowest BCUT2D eigenvalue weighted by Gasteiger charge is -2.10. The first-order valence-corrected chi connectivity index (χ1v) is 5.07. The second kappa shape index (κ2) is 5.93. The molecule has 1 rings (SSSR count). The average Bonchev–Trinajstić information content (AvgIpc) is 2.26. The number of nitrogen functional groups attached to an aromatic ring is 1. The van der Waals surface area contributed by atoms with Crippen LogP contribution in [-0.4, -0.2) is 37.1 Å². The molecule has 0 radical (unpaired) electrons. The first-order valence-electron chi connectivity index (χ1n) is 5.07. The van der Waals surface area contributed by atoms with E-state index in [4.69, 9.17) is 15.7 Å². The molecule has 16 heavy (non-hydrogen) atoms. The number of aromatic nitrogens is 1. The fraction of sp³-hybridized carbons (Fsp3) is 0.455. The average molecular weight is 220 g/mol. The molecule has 0 fully saturated rings. The SMILES string of the molecule is CN(C)CCCOc1ccc(N)c(C#N)n1. The highest BCUT2D eigenvalue weighted by molar-refractivity contribution is 5.50. The van der Waals surface area contributed by atoms with E-state index < -0.39 is 0 Å². The van der Waals surface area contributed by atoms with E-state index in [1.807, 2.05) is 20.2 Å². The molecule has 5 nitrogen and oxygen atoms in total. The van der Waals surface area contributed by atoms with Gasteiger partial charge in [-0.2, -0.15) is 5.26 Å². The minimum absolute atomic E-state index is 0.213.